The summed E-state index contributed by atoms with van der Waals surface area (Å²) in [5.41, 5.74) is 6.95. The minimum Gasteiger partial charge on any atom is -0.507 e. The first-order valence-electron chi connectivity index (χ1n) is 5.51. The minimum atomic E-state index is -0.279. The van der Waals surface area contributed by atoms with Gasteiger partial charge < -0.3 is 15.7 Å². The molecule has 2 aromatic rings. The number of anilines is 2. The van der Waals surface area contributed by atoms with Crippen LogP contribution >= 0.6 is 0 Å². The summed E-state index contributed by atoms with van der Waals surface area (Å²) in [6.07, 6.45) is 0. The molecule has 4 nitrogen and oxygen atoms in total. The molecule has 0 aromatic heterocycles. The van der Waals surface area contributed by atoms with Crippen molar-refractivity contribution in [3.63, 3.8) is 0 Å². The fourth-order valence-electron chi connectivity index (χ4n) is 1.68. The van der Waals surface area contributed by atoms with E-state index in [-0.39, 0.29) is 17.2 Å². The number of benzene rings is 2. The Morgan fingerprint density at radius 2 is 1.83 bits per heavy atom. The van der Waals surface area contributed by atoms with Gasteiger partial charge in [0.2, 0.25) is 0 Å². The van der Waals surface area contributed by atoms with Crippen LogP contribution in [0.4, 0.5) is 11.4 Å². The van der Waals surface area contributed by atoms with E-state index in [1.165, 1.54) is 17.0 Å². The molecule has 2 rings (SSSR count). The second kappa shape index (κ2) is 4.79. The topological polar surface area (TPSA) is 66.6 Å². The Bertz CT molecular complexity index is 567. The maximum Gasteiger partial charge on any atom is 0.261 e. The molecule has 0 aliphatic carbocycles. The predicted molar refractivity (Wildman–Crippen MR) is 71.7 cm³/mol. The lowest BCUT2D eigenvalue weighted by molar-refractivity contribution is 0.0990. The van der Waals surface area contributed by atoms with Gasteiger partial charge in [0.1, 0.15) is 5.75 Å². The third kappa shape index (κ3) is 2.27. The number of nitrogen functional groups attached to an aromatic ring is 1. The molecule has 0 aliphatic heterocycles. The van der Waals surface area contributed by atoms with Gasteiger partial charge in [0.15, 0.2) is 0 Å². The Balaban J connectivity index is 2.32. The van der Waals surface area contributed by atoms with Crippen LogP contribution in [0.3, 0.4) is 0 Å². The number of nitrogens with zero attached hydrogens (tertiary/aromatic N) is 1. The van der Waals surface area contributed by atoms with Gasteiger partial charge in [0, 0.05) is 24.5 Å². The van der Waals surface area contributed by atoms with Gasteiger partial charge in [-0.3, -0.25) is 4.79 Å². The summed E-state index contributed by atoms with van der Waals surface area (Å²) >= 11 is 0. The van der Waals surface area contributed by atoms with Crippen LogP contribution in [0.25, 0.3) is 0 Å². The van der Waals surface area contributed by atoms with Crippen molar-refractivity contribution in [2.75, 3.05) is 17.7 Å². The number of hydrogen-bond acceptors (Lipinski definition) is 3. The summed E-state index contributed by atoms with van der Waals surface area (Å²) in [6.45, 7) is 0. The van der Waals surface area contributed by atoms with Gasteiger partial charge in [-0.15, -0.1) is 0 Å². The number of para-hydroxylation sites is 1. The number of aromatic hydroxyl groups is 1. The first kappa shape index (κ1) is 12.0. The SMILES string of the molecule is CN(C(=O)c1ccc(N)cc1O)c1ccccc1. The van der Waals surface area contributed by atoms with Crippen LogP contribution in [0.1, 0.15) is 10.4 Å². The largest absolute Gasteiger partial charge is 0.507 e. The van der Waals surface area contributed by atoms with Gasteiger partial charge in [0.05, 0.1) is 5.56 Å². The lowest BCUT2D eigenvalue weighted by Crippen LogP contribution is -2.26. The highest BCUT2D eigenvalue weighted by atomic mass is 16.3. The van der Waals surface area contributed by atoms with Crippen molar-refractivity contribution < 1.29 is 9.90 Å². The fourth-order valence-corrected chi connectivity index (χ4v) is 1.68. The van der Waals surface area contributed by atoms with E-state index in [0.29, 0.717) is 5.69 Å². The van der Waals surface area contributed by atoms with E-state index in [9.17, 15) is 9.90 Å². The van der Waals surface area contributed by atoms with Gasteiger partial charge in [-0.05, 0) is 24.3 Å². The van der Waals surface area contributed by atoms with Crippen molar-refractivity contribution in [2.45, 2.75) is 0 Å². The van der Waals surface area contributed by atoms with Gasteiger partial charge >= 0.3 is 0 Å². The fraction of sp³-hybridized carbons (Fsp3) is 0.0714. The molecule has 0 saturated heterocycles. The van der Waals surface area contributed by atoms with Crippen molar-refractivity contribution in [1.82, 2.24) is 0 Å². The Morgan fingerprint density at radius 3 is 2.44 bits per heavy atom. The first-order chi connectivity index (χ1) is 8.59. The molecule has 0 aliphatic rings. The molecule has 3 N–H and O–H groups in total. The average molecular weight is 242 g/mol. The van der Waals surface area contributed by atoms with Gasteiger partial charge in [-0.1, -0.05) is 18.2 Å². The predicted octanol–water partition coefficient (Wildman–Crippen LogP) is 2.25. The quantitative estimate of drug-likeness (QED) is 0.794. The zero-order chi connectivity index (χ0) is 13.1. The van der Waals surface area contributed by atoms with E-state index in [1.807, 2.05) is 30.3 Å². The Morgan fingerprint density at radius 1 is 1.17 bits per heavy atom. The summed E-state index contributed by atoms with van der Waals surface area (Å²) < 4.78 is 0. The summed E-state index contributed by atoms with van der Waals surface area (Å²) in [5, 5.41) is 9.73. The highest BCUT2D eigenvalue weighted by molar-refractivity contribution is 6.07. The molecule has 1 amide bonds. The molecule has 0 heterocycles. The number of phenolic OH excluding ortho intramolecular Hbond substituents is 1. The normalized spacial score (nSPS) is 10.1. The number of nitrogens with two attached hydrogens (primary N) is 1. The zero-order valence-electron chi connectivity index (χ0n) is 10.00. The Labute approximate surface area is 105 Å². The van der Waals surface area contributed by atoms with Gasteiger partial charge in [0.25, 0.3) is 5.91 Å². The van der Waals surface area contributed by atoms with Crippen LogP contribution in [0.5, 0.6) is 5.75 Å². The molecule has 0 radical (unpaired) electrons. The molecule has 0 spiro atoms. The van der Waals surface area contributed by atoms with Crippen molar-refractivity contribution in [3.8, 4) is 5.75 Å². The van der Waals surface area contributed by atoms with E-state index in [2.05, 4.69) is 0 Å². The van der Waals surface area contributed by atoms with E-state index >= 15 is 0 Å². The highest BCUT2D eigenvalue weighted by Crippen LogP contribution is 2.23. The van der Waals surface area contributed by atoms with Crippen LogP contribution in [0, 0.1) is 0 Å². The molecule has 0 unspecified atom stereocenters. The van der Waals surface area contributed by atoms with Crippen molar-refractivity contribution >= 4 is 17.3 Å². The molecular weight excluding hydrogens is 228 g/mol. The third-order valence-electron chi connectivity index (χ3n) is 2.70. The van der Waals surface area contributed by atoms with E-state index in [4.69, 9.17) is 5.73 Å². The maximum absolute atomic E-state index is 12.2. The lowest BCUT2D eigenvalue weighted by Gasteiger charge is -2.17. The van der Waals surface area contributed by atoms with E-state index in [0.717, 1.165) is 5.69 Å². The number of carbonyl (C=O) groups is 1. The third-order valence-corrected chi connectivity index (χ3v) is 2.70. The number of amides is 1. The van der Waals surface area contributed by atoms with Gasteiger partial charge in [-0.25, -0.2) is 0 Å². The molecule has 4 heteroatoms. The van der Waals surface area contributed by atoms with Crippen molar-refractivity contribution in [2.24, 2.45) is 0 Å². The monoisotopic (exact) mass is 242 g/mol. The molecule has 92 valence electrons. The number of carbonyl (C=O) groups excluding carboxylic acids is 1. The summed E-state index contributed by atoms with van der Waals surface area (Å²) in [7, 11) is 1.66. The number of rotatable bonds is 2. The summed E-state index contributed by atoms with van der Waals surface area (Å²) in [6, 6.07) is 13.7. The molecule has 0 saturated carbocycles. The van der Waals surface area contributed by atoms with Crippen LogP contribution in [-0.4, -0.2) is 18.1 Å². The smallest absolute Gasteiger partial charge is 0.261 e. The van der Waals surface area contributed by atoms with Crippen LogP contribution in [-0.2, 0) is 0 Å². The summed E-state index contributed by atoms with van der Waals surface area (Å²) in [4.78, 5) is 13.7. The standard InChI is InChI=1S/C14H14N2O2/c1-16(11-5-3-2-4-6-11)14(18)12-8-7-10(15)9-13(12)17/h2-9,17H,15H2,1H3. The molecule has 0 fully saturated rings. The number of hydrogen-bond donors (Lipinski definition) is 2. The Hall–Kier alpha value is -2.49. The average Bonchev–Trinajstić information content (AvgIpc) is 2.38. The molecule has 18 heavy (non-hydrogen) atoms. The van der Waals surface area contributed by atoms with Crippen LogP contribution in [0.2, 0.25) is 0 Å². The van der Waals surface area contributed by atoms with Crippen LogP contribution < -0.4 is 10.6 Å². The minimum absolute atomic E-state index is 0.109. The molecular formula is C14H14N2O2. The second-order valence-electron chi connectivity index (χ2n) is 3.98. The van der Waals surface area contributed by atoms with E-state index < -0.39 is 0 Å². The first-order valence-corrected chi connectivity index (χ1v) is 5.51. The van der Waals surface area contributed by atoms with Gasteiger partial charge in [-0.2, -0.15) is 0 Å². The molecule has 0 bridgehead atoms. The summed E-state index contributed by atoms with van der Waals surface area (Å²) in [5.74, 6) is -0.388. The Kier molecular flexibility index (Phi) is 3.19. The zero-order valence-corrected chi connectivity index (χ0v) is 10.00. The molecule has 2 aromatic carbocycles. The second-order valence-corrected chi connectivity index (χ2v) is 3.98. The lowest BCUT2D eigenvalue weighted by atomic mass is 10.1. The van der Waals surface area contributed by atoms with Crippen molar-refractivity contribution in [3.05, 3.63) is 54.1 Å². The number of phenols is 1. The van der Waals surface area contributed by atoms with E-state index in [1.54, 1.807) is 13.1 Å². The molecule has 0 atom stereocenters. The van der Waals surface area contributed by atoms with Crippen molar-refractivity contribution in [1.29, 1.82) is 0 Å². The van der Waals surface area contributed by atoms with Crippen LogP contribution in [0.15, 0.2) is 48.5 Å². The highest BCUT2D eigenvalue weighted by Gasteiger charge is 2.16. The maximum atomic E-state index is 12.2.